The molecule has 0 radical (unpaired) electrons. The van der Waals surface area contributed by atoms with E-state index in [9.17, 15) is 0 Å². The molecule has 0 bridgehead atoms. The highest BCUT2D eigenvalue weighted by atomic mass is 79.9. The molecular formula is C12H13BrClN5O. The fourth-order valence-electron chi connectivity index (χ4n) is 1.39. The SMILES string of the molecule is CC(C)Oc1nc(N)nc(Nc2ccc(Br)c(Cl)c2)n1. The second kappa shape index (κ2) is 6.23. The fourth-order valence-corrected chi connectivity index (χ4v) is 1.82. The van der Waals surface area contributed by atoms with E-state index < -0.39 is 0 Å². The van der Waals surface area contributed by atoms with Crippen LogP contribution in [0.3, 0.4) is 0 Å². The average Bonchev–Trinajstić information content (AvgIpc) is 2.32. The Morgan fingerprint density at radius 1 is 1.30 bits per heavy atom. The van der Waals surface area contributed by atoms with Crippen molar-refractivity contribution in [3.63, 3.8) is 0 Å². The largest absolute Gasteiger partial charge is 0.461 e. The van der Waals surface area contributed by atoms with Crippen LogP contribution in [0.2, 0.25) is 5.02 Å². The summed E-state index contributed by atoms with van der Waals surface area (Å²) in [5.41, 5.74) is 6.36. The summed E-state index contributed by atoms with van der Waals surface area (Å²) in [6, 6.07) is 5.58. The number of anilines is 3. The number of nitrogens with one attached hydrogen (secondary N) is 1. The Labute approximate surface area is 129 Å². The van der Waals surface area contributed by atoms with Crippen molar-refractivity contribution < 1.29 is 4.74 Å². The molecule has 0 atom stereocenters. The maximum absolute atomic E-state index is 6.02. The van der Waals surface area contributed by atoms with Crippen LogP contribution < -0.4 is 15.8 Å². The third-order valence-corrected chi connectivity index (χ3v) is 3.38. The molecule has 3 N–H and O–H groups in total. The van der Waals surface area contributed by atoms with Crippen molar-refractivity contribution in [1.29, 1.82) is 0 Å². The zero-order valence-electron chi connectivity index (χ0n) is 10.9. The maximum atomic E-state index is 6.02. The van der Waals surface area contributed by atoms with Crippen LogP contribution in [-0.4, -0.2) is 21.1 Å². The molecule has 8 heteroatoms. The van der Waals surface area contributed by atoms with Crippen LogP contribution >= 0.6 is 27.5 Å². The van der Waals surface area contributed by atoms with Gasteiger partial charge in [0.05, 0.1) is 11.1 Å². The Hall–Kier alpha value is -1.60. The van der Waals surface area contributed by atoms with Crippen LogP contribution in [0.4, 0.5) is 17.6 Å². The van der Waals surface area contributed by atoms with Crippen molar-refractivity contribution in [2.24, 2.45) is 0 Å². The van der Waals surface area contributed by atoms with Crippen LogP contribution in [0, 0.1) is 0 Å². The van der Waals surface area contributed by atoms with Gasteiger partial charge in [-0.2, -0.15) is 15.0 Å². The lowest BCUT2D eigenvalue weighted by Crippen LogP contribution is -2.11. The molecule has 0 unspecified atom stereocenters. The van der Waals surface area contributed by atoms with Gasteiger partial charge in [-0.15, -0.1) is 0 Å². The number of rotatable bonds is 4. The Morgan fingerprint density at radius 3 is 2.70 bits per heavy atom. The van der Waals surface area contributed by atoms with E-state index in [0.717, 1.165) is 10.2 Å². The number of benzene rings is 1. The summed E-state index contributed by atoms with van der Waals surface area (Å²) in [5, 5.41) is 3.58. The first kappa shape index (κ1) is 14.8. The molecule has 1 heterocycles. The molecule has 0 aliphatic heterocycles. The Morgan fingerprint density at radius 2 is 2.05 bits per heavy atom. The van der Waals surface area contributed by atoms with Gasteiger partial charge < -0.3 is 15.8 Å². The standard InChI is InChI=1S/C12H13BrClN5O/c1-6(2)20-12-18-10(15)17-11(19-12)16-7-3-4-8(13)9(14)5-7/h3-6H,1-2H3,(H3,15,16,17,18,19). The number of nitrogens with two attached hydrogens (primary N) is 1. The van der Waals surface area contributed by atoms with Gasteiger partial charge in [0.25, 0.3) is 0 Å². The Bertz CT molecular complexity index is 623. The Balaban J connectivity index is 2.24. The summed E-state index contributed by atoms with van der Waals surface area (Å²) in [4.78, 5) is 12.0. The fraction of sp³-hybridized carbons (Fsp3) is 0.250. The number of hydrogen-bond acceptors (Lipinski definition) is 6. The highest BCUT2D eigenvalue weighted by Gasteiger charge is 2.08. The van der Waals surface area contributed by atoms with Crippen molar-refractivity contribution in [2.75, 3.05) is 11.1 Å². The number of nitrogens with zero attached hydrogens (tertiary/aromatic N) is 3. The second-order valence-electron chi connectivity index (χ2n) is 4.22. The highest BCUT2D eigenvalue weighted by Crippen LogP contribution is 2.26. The molecule has 6 nitrogen and oxygen atoms in total. The second-order valence-corrected chi connectivity index (χ2v) is 5.48. The van der Waals surface area contributed by atoms with Crippen LogP contribution in [0.15, 0.2) is 22.7 Å². The third kappa shape index (κ3) is 3.94. The van der Waals surface area contributed by atoms with Gasteiger partial charge in [-0.1, -0.05) is 11.6 Å². The number of hydrogen-bond donors (Lipinski definition) is 2. The molecule has 0 amide bonds. The molecule has 0 fully saturated rings. The van der Waals surface area contributed by atoms with Gasteiger partial charge in [-0.3, -0.25) is 0 Å². The quantitative estimate of drug-likeness (QED) is 0.871. The predicted molar refractivity (Wildman–Crippen MR) is 82.4 cm³/mol. The normalized spacial score (nSPS) is 10.7. The van der Waals surface area contributed by atoms with Gasteiger partial charge in [0, 0.05) is 10.2 Å². The van der Waals surface area contributed by atoms with Crippen molar-refractivity contribution in [3.8, 4) is 6.01 Å². The van der Waals surface area contributed by atoms with Gasteiger partial charge in [-0.05, 0) is 48.0 Å². The van der Waals surface area contributed by atoms with Gasteiger partial charge in [0.2, 0.25) is 11.9 Å². The van der Waals surface area contributed by atoms with Crippen molar-refractivity contribution in [2.45, 2.75) is 20.0 Å². The van der Waals surface area contributed by atoms with Gasteiger partial charge in [-0.25, -0.2) is 0 Å². The zero-order valence-corrected chi connectivity index (χ0v) is 13.2. The first-order valence-electron chi connectivity index (χ1n) is 5.84. The topological polar surface area (TPSA) is 86.0 Å². The first-order chi connectivity index (χ1) is 9.44. The molecule has 2 rings (SSSR count). The smallest absolute Gasteiger partial charge is 0.323 e. The predicted octanol–water partition coefficient (Wildman–Crippen LogP) is 3.40. The third-order valence-electron chi connectivity index (χ3n) is 2.15. The van der Waals surface area contributed by atoms with Crippen molar-refractivity contribution >= 4 is 45.1 Å². The van der Waals surface area contributed by atoms with Crippen molar-refractivity contribution in [1.82, 2.24) is 15.0 Å². The van der Waals surface area contributed by atoms with Gasteiger partial charge >= 0.3 is 6.01 Å². The van der Waals surface area contributed by atoms with E-state index >= 15 is 0 Å². The molecule has 0 aliphatic rings. The van der Waals surface area contributed by atoms with E-state index in [0.29, 0.717) is 11.0 Å². The lowest BCUT2D eigenvalue weighted by molar-refractivity contribution is 0.222. The zero-order chi connectivity index (χ0) is 14.7. The van der Waals surface area contributed by atoms with Crippen LogP contribution in [0.5, 0.6) is 6.01 Å². The molecule has 0 aliphatic carbocycles. The van der Waals surface area contributed by atoms with Gasteiger partial charge in [0.15, 0.2) is 0 Å². The highest BCUT2D eigenvalue weighted by molar-refractivity contribution is 9.10. The van der Waals surface area contributed by atoms with Gasteiger partial charge in [0.1, 0.15) is 0 Å². The number of ether oxygens (including phenoxy) is 1. The molecule has 106 valence electrons. The van der Waals surface area contributed by atoms with Crippen LogP contribution in [0.25, 0.3) is 0 Å². The molecule has 20 heavy (non-hydrogen) atoms. The summed E-state index contributed by atoms with van der Waals surface area (Å²) in [6.07, 6.45) is -0.0493. The molecule has 0 saturated heterocycles. The molecular weight excluding hydrogens is 346 g/mol. The van der Waals surface area contributed by atoms with Crippen LogP contribution in [0.1, 0.15) is 13.8 Å². The van der Waals surface area contributed by atoms with E-state index in [1.807, 2.05) is 26.0 Å². The van der Waals surface area contributed by atoms with E-state index in [1.165, 1.54) is 0 Å². The molecule has 1 aromatic carbocycles. The Kier molecular flexibility index (Phi) is 4.61. The monoisotopic (exact) mass is 357 g/mol. The minimum absolute atomic E-state index is 0.0493. The number of aromatic nitrogens is 3. The van der Waals surface area contributed by atoms with Crippen molar-refractivity contribution in [3.05, 3.63) is 27.7 Å². The van der Waals surface area contributed by atoms with E-state index in [1.54, 1.807) is 6.07 Å². The molecule has 1 aromatic heterocycles. The molecule has 2 aromatic rings. The summed E-state index contributed by atoms with van der Waals surface area (Å²) in [5.74, 6) is 0.382. The summed E-state index contributed by atoms with van der Waals surface area (Å²) in [7, 11) is 0. The summed E-state index contributed by atoms with van der Waals surface area (Å²) in [6.45, 7) is 3.75. The summed E-state index contributed by atoms with van der Waals surface area (Å²) >= 11 is 9.35. The first-order valence-corrected chi connectivity index (χ1v) is 7.01. The van der Waals surface area contributed by atoms with Crippen LogP contribution in [-0.2, 0) is 0 Å². The van der Waals surface area contributed by atoms with E-state index in [4.69, 9.17) is 22.1 Å². The number of halogens is 2. The molecule has 0 saturated carbocycles. The minimum atomic E-state index is -0.0493. The van der Waals surface area contributed by atoms with E-state index in [-0.39, 0.29) is 18.1 Å². The summed E-state index contributed by atoms with van der Waals surface area (Å²) < 4.78 is 6.21. The van der Waals surface area contributed by atoms with E-state index in [2.05, 4.69) is 36.2 Å². The molecule has 0 spiro atoms. The maximum Gasteiger partial charge on any atom is 0.323 e. The minimum Gasteiger partial charge on any atom is -0.461 e. The number of nitrogen functional groups attached to an aromatic ring is 1. The lowest BCUT2D eigenvalue weighted by Gasteiger charge is -2.10. The average molecular weight is 359 g/mol. The lowest BCUT2D eigenvalue weighted by atomic mass is 10.3.